The molecule has 0 aliphatic carbocycles. The quantitative estimate of drug-likeness (QED) is 0.596. The van der Waals surface area contributed by atoms with Crippen LogP contribution in [0.3, 0.4) is 0 Å². The summed E-state index contributed by atoms with van der Waals surface area (Å²) < 4.78 is 6.33. The van der Waals surface area contributed by atoms with E-state index in [1.165, 1.54) is 11.8 Å². The first-order chi connectivity index (χ1) is 11.2. The van der Waals surface area contributed by atoms with E-state index in [9.17, 15) is 4.79 Å². The van der Waals surface area contributed by atoms with Gasteiger partial charge in [0.1, 0.15) is 5.75 Å². The number of nitrogens with zero attached hydrogens (tertiary/aromatic N) is 2. The molecule has 6 heteroatoms. The molecule has 0 unspecified atom stereocenters. The molecule has 2 rings (SSSR count). The molecule has 1 N–H and O–H groups in total. The summed E-state index contributed by atoms with van der Waals surface area (Å²) in [6, 6.07) is 9.51. The molecule has 0 atom stereocenters. The highest BCUT2D eigenvalue weighted by atomic mass is 79.9. The number of aromatic nitrogens is 1. The lowest BCUT2D eigenvalue weighted by Gasteiger charge is -2.08. The molecule has 1 aromatic heterocycles. The van der Waals surface area contributed by atoms with E-state index >= 15 is 0 Å². The largest absolute Gasteiger partial charge is 0.483 e. The number of hydrazone groups is 1. The average Bonchev–Trinajstić information content (AvgIpc) is 2.55. The summed E-state index contributed by atoms with van der Waals surface area (Å²) >= 11 is 3.46. The molecule has 0 fully saturated rings. The van der Waals surface area contributed by atoms with E-state index in [0.29, 0.717) is 5.75 Å². The van der Waals surface area contributed by atoms with E-state index in [4.69, 9.17) is 4.74 Å². The smallest absolute Gasteiger partial charge is 0.277 e. The van der Waals surface area contributed by atoms with Crippen molar-refractivity contribution in [3.05, 3.63) is 58.3 Å². The van der Waals surface area contributed by atoms with E-state index < -0.39 is 0 Å². The lowest BCUT2D eigenvalue weighted by atomic mass is 10.1. The van der Waals surface area contributed by atoms with Crippen LogP contribution in [0, 0.1) is 0 Å². The number of aryl methyl sites for hydroxylation is 1. The number of carbonyl (C=O) groups excluding carboxylic acids is 1. The molecular weight excluding hydrogens is 358 g/mol. The molecular formula is C17H18BrN3O2. The maximum atomic E-state index is 11.7. The minimum Gasteiger partial charge on any atom is -0.483 e. The third-order valence-corrected chi connectivity index (χ3v) is 3.60. The number of amides is 1. The van der Waals surface area contributed by atoms with Gasteiger partial charge in [0.25, 0.3) is 5.91 Å². The fourth-order valence-electron chi connectivity index (χ4n) is 1.91. The molecule has 0 aliphatic rings. The first-order valence-electron chi connectivity index (χ1n) is 7.32. The molecule has 120 valence electrons. The van der Waals surface area contributed by atoms with Crippen molar-refractivity contribution in [2.24, 2.45) is 5.10 Å². The molecule has 2 aromatic rings. The molecule has 0 bridgehead atoms. The van der Waals surface area contributed by atoms with Crippen LogP contribution < -0.4 is 10.2 Å². The first-order valence-corrected chi connectivity index (χ1v) is 8.11. The topological polar surface area (TPSA) is 63.6 Å². The highest BCUT2D eigenvalue weighted by molar-refractivity contribution is 9.10. The van der Waals surface area contributed by atoms with Crippen LogP contribution in [0.2, 0.25) is 0 Å². The second-order valence-electron chi connectivity index (χ2n) is 4.88. The number of hydrogen-bond acceptors (Lipinski definition) is 4. The second kappa shape index (κ2) is 9.05. The second-order valence-corrected chi connectivity index (χ2v) is 5.74. The Balaban J connectivity index is 1.81. The van der Waals surface area contributed by atoms with E-state index in [0.717, 1.165) is 22.9 Å². The first kappa shape index (κ1) is 17.1. The number of pyridine rings is 1. The van der Waals surface area contributed by atoms with Gasteiger partial charge in [0, 0.05) is 18.0 Å². The number of hydrogen-bond donors (Lipinski definition) is 1. The van der Waals surface area contributed by atoms with Gasteiger partial charge in [-0.25, -0.2) is 5.43 Å². The van der Waals surface area contributed by atoms with Crippen molar-refractivity contribution >= 4 is 28.1 Å². The van der Waals surface area contributed by atoms with Crippen LogP contribution in [-0.4, -0.2) is 23.7 Å². The highest BCUT2D eigenvalue weighted by Gasteiger charge is 2.06. The number of benzene rings is 1. The van der Waals surface area contributed by atoms with Crippen molar-refractivity contribution in [1.82, 2.24) is 10.4 Å². The Morgan fingerprint density at radius 3 is 3.00 bits per heavy atom. The van der Waals surface area contributed by atoms with E-state index in [-0.39, 0.29) is 12.5 Å². The molecule has 0 saturated heterocycles. The van der Waals surface area contributed by atoms with Crippen LogP contribution in [0.15, 0.2) is 52.3 Å². The number of rotatable bonds is 7. The zero-order valence-corrected chi connectivity index (χ0v) is 14.4. The normalized spacial score (nSPS) is 10.7. The Hall–Kier alpha value is -2.21. The third kappa shape index (κ3) is 5.83. The molecule has 1 heterocycles. The van der Waals surface area contributed by atoms with E-state index in [1.807, 2.05) is 24.3 Å². The molecule has 1 aromatic carbocycles. The van der Waals surface area contributed by atoms with Gasteiger partial charge in [-0.2, -0.15) is 5.10 Å². The van der Waals surface area contributed by atoms with Crippen LogP contribution in [0.5, 0.6) is 5.75 Å². The monoisotopic (exact) mass is 375 g/mol. The predicted molar refractivity (Wildman–Crippen MR) is 93.6 cm³/mol. The van der Waals surface area contributed by atoms with Crippen molar-refractivity contribution in [3.63, 3.8) is 0 Å². The zero-order valence-electron chi connectivity index (χ0n) is 12.8. The number of carbonyl (C=O) groups is 1. The molecule has 1 amide bonds. The lowest BCUT2D eigenvalue weighted by molar-refractivity contribution is -0.123. The van der Waals surface area contributed by atoms with Gasteiger partial charge < -0.3 is 4.74 Å². The van der Waals surface area contributed by atoms with Crippen LogP contribution in [-0.2, 0) is 11.2 Å². The van der Waals surface area contributed by atoms with Crippen molar-refractivity contribution in [3.8, 4) is 5.75 Å². The molecule has 0 saturated carbocycles. The summed E-state index contributed by atoms with van der Waals surface area (Å²) in [5.74, 6) is 0.311. The Morgan fingerprint density at radius 2 is 2.30 bits per heavy atom. The van der Waals surface area contributed by atoms with Gasteiger partial charge in [0.15, 0.2) is 6.61 Å². The summed E-state index contributed by atoms with van der Waals surface area (Å²) in [7, 11) is 0. The van der Waals surface area contributed by atoms with Crippen molar-refractivity contribution in [2.45, 2.75) is 19.8 Å². The van der Waals surface area contributed by atoms with Gasteiger partial charge in [0.2, 0.25) is 0 Å². The lowest BCUT2D eigenvalue weighted by Crippen LogP contribution is -2.24. The highest BCUT2D eigenvalue weighted by Crippen LogP contribution is 2.26. The number of ether oxygens (including phenoxy) is 1. The fourth-order valence-corrected chi connectivity index (χ4v) is 2.45. The summed E-state index contributed by atoms with van der Waals surface area (Å²) in [5, 5.41) is 3.86. The van der Waals surface area contributed by atoms with E-state index in [1.54, 1.807) is 18.5 Å². The summed E-state index contributed by atoms with van der Waals surface area (Å²) in [5.41, 5.74) is 4.46. The predicted octanol–water partition coefficient (Wildman–Crippen LogP) is 3.33. The molecule has 0 radical (unpaired) electrons. The Labute approximate surface area is 143 Å². The van der Waals surface area contributed by atoms with E-state index in [2.05, 4.69) is 38.4 Å². The molecule has 0 aliphatic heterocycles. The van der Waals surface area contributed by atoms with Crippen LogP contribution in [0.4, 0.5) is 0 Å². The standard InChI is InChI=1S/C17H18BrN3O2/c1-2-4-13-6-7-16(15(18)9-13)23-12-17(22)21-20-11-14-5-3-8-19-10-14/h3,5-11H,2,4,12H2,1H3,(H,21,22)/b20-11+. The van der Waals surface area contributed by atoms with Crippen LogP contribution in [0.25, 0.3) is 0 Å². The average molecular weight is 376 g/mol. The zero-order chi connectivity index (χ0) is 16.5. The van der Waals surface area contributed by atoms with Gasteiger partial charge in [-0.3, -0.25) is 9.78 Å². The van der Waals surface area contributed by atoms with Crippen molar-refractivity contribution in [1.29, 1.82) is 0 Å². The minimum absolute atomic E-state index is 0.101. The molecule has 23 heavy (non-hydrogen) atoms. The van der Waals surface area contributed by atoms with Crippen LogP contribution >= 0.6 is 15.9 Å². The third-order valence-electron chi connectivity index (χ3n) is 2.98. The van der Waals surface area contributed by atoms with Gasteiger partial charge in [-0.05, 0) is 46.1 Å². The Kier molecular flexibility index (Phi) is 6.75. The van der Waals surface area contributed by atoms with Crippen LogP contribution in [0.1, 0.15) is 24.5 Å². The maximum absolute atomic E-state index is 11.7. The molecule has 0 spiro atoms. The SMILES string of the molecule is CCCc1ccc(OCC(=O)N/N=C/c2cccnc2)c(Br)c1. The van der Waals surface area contributed by atoms with Gasteiger partial charge in [-0.1, -0.05) is 25.5 Å². The van der Waals surface area contributed by atoms with Gasteiger partial charge in [0.05, 0.1) is 10.7 Å². The number of halogens is 1. The Bertz CT molecular complexity index is 675. The fraction of sp³-hybridized carbons (Fsp3) is 0.235. The summed E-state index contributed by atoms with van der Waals surface area (Å²) in [6.45, 7) is 2.03. The maximum Gasteiger partial charge on any atom is 0.277 e. The summed E-state index contributed by atoms with van der Waals surface area (Å²) in [6.07, 6.45) is 6.96. The Morgan fingerprint density at radius 1 is 1.43 bits per heavy atom. The van der Waals surface area contributed by atoms with Crippen molar-refractivity contribution in [2.75, 3.05) is 6.61 Å². The van der Waals surface area contributed by atoms with Gasteiger partial charge >= 0.3 is 0 Å². The van der Waals surface area contributed by atoms with Crippen molar-refractivity contribution < 1.29 is 9.53 Å². The van der Waals surface area contributed by atoms with Gasteiger partial charge in [-0.15, -0.1) is 0 Å². The summed E-state index contributed by atoms with van der Waals surface area (Å²) in [4.78, 5) is 15.7. The number of nitrogens with one attached hydrogen (secondary N) is 1. The molecule has 5 nitrogen and oxygen atoms in total. The minimum atomic E-state index is -0.324.